The van der Waals surface area contributed by atoms with Gasteiger partial charge in [0.25, 0.3) is 0 Å². The van der Waals surface area contributed by atoms with Gasteiger partial charge in [-0.1, -0.05) is 39.0 Å². The number of guanidine groups is 1. The van der Waals surface area contributed by atoms with E-state index in [-0.39, 0.29) is 24.0 Å². The monoisotopic (exact) mass is 458 g/mol. The molecule has 6 heteroatoms. The molecule has 0 radical (unpaired) electrons. The maximum absolute atomic E-state index is 6.07. The van der Waals surface area contributed by atoms with E-state index in [1.54, 1.807) is 11.3 Å². The van der Waals surface area contributed by atoms with E-state index in [0.717, 1.165) is 37.1 Å². The van der Waals surface area contributed by atoms with E-state index >= 15 is 0 Å². The molecule has 0 aliphatic rings. The molecule has 24 heavy (non-hydrogen) atoms. The van der Waals surface area contributed by atoms with Crippen molar-refractivity contribution in [1.29, 1.82) is 0 Å². The molecule has 2 aromatic rings. The first-order chi connectivity index (χ1) is 11.2. The topological polar surface area (TPSA) is 63.3 Å². The number of nitrogens with one attached hydrogen (secondary N) is 1. The van der Waals surface area contributed by atoms with Crippen LogP contribution in [0, 0.1) is 0 Å². The molecule has 0 fully saturated rings. The van der Waals surface area contributed by atoms with Crippen LogP contribution in [0.1, 0.15) is 42.6 Å². The van der Waals surface area contributed by atoms with Crippen molar-refractivity contribution < 1.29 is 0 Å². The number of aromatic nitrogens is 1. The number of hydrogen-bond acceptors (Lipinski definition) is 3. The van der Waals surface area contributed by atoms with E-state index < -0.39 is 0 Å². The Morgan fingerprint density at radius 2 is 1.83 bits per heavy atom. The molecule has 4 nitrogen and oxygen atoms in total. The van der Waals surface area contributed by atoms with Gasteiger partial charge in [-0.25, -0.2) is 4.98 Å². The number of nitrogens with two attached hydrogens (primary N) is 1. The van der Waals surface area contributed by atoms with Gasteiger partial charge in [-0.15, -0.1) is 35.3 Å². The highest BCUT2D eigenvalue weighted by Crippen LogP contribution is 2.22. The molecule has 0 unspecified atom stereocenters. The van der Waals surface area contributed by atoms with Crippen LogP contribution in [0.15, 0.2) is 28.6 Å². The minimum absolute atomic E-state index is 0. The molecule has 0 amide bonds. The number of thiazole rings is 1. The minimum Gasteiger partial charge on any atom is -0.370 e. The second kappa shape index (κ2) is 10.7. The third kappa shape index (κ3) is 5.73. The van der Waals surface area contributed by atoms with Gasteiger partial charge in [-0.2, -0.15) is 0 Å². The molecule has 0 saturated heterocycles. The van der Waals surface area contributed by atoms with Crippen molar-refractivity contribution in [2.75, 3.05) is 11.9 Å². The zero-order chi connectivity index (χ0) is 16.7. The number of hydrogen-bond donors (Lipinski definition) is 2. The first-order valence-corrected chi connectivity index (χ1v) is 9.16. The van der Waals surface area contributed by atoms with Crippen molar-refractivity contribution in [2.24, 2.45) is 10.7 Å². The van der Waals surface area contributed by atoms with Crippen LogP contribution < -0.4 is 11.1 Å². The lowest BCUT2D eigenvalue weighted by Gasteiger charge is -2.14. The number of aryl methyl sites for hydroxylation is 3. The molecule has 1 aromatic heterocycles. The van der Waals surface area contributed by atoms with E-state index in [0.29, 0.717) is 12.5 Å². The number of halogens is 1. The number of anilines is 1. The summed E-state index contributed by atoms with van der Waals surface area (Å²) in [6.07, 6.45) is 3.77. The molecule has 132 valence electrons. The van der Waals surface area contributed by atoms with Crippen molar-refractivity contribution in [3.63, 3.8) is 0 Å². The number of nitrogens with zero attached hydrogens (tertiary/aromatic N) is 2. The second-order valence-corrected chi connectivity index (χ2v) is 6.33. The minimum atomic E-state index is 0. The fourth-order valence-corrected chi connectivity index (χ4v) is 3.27. The molecule has 0 aliphatic heterocycles. The maximum Gasteiger partial charge on any atom is 0.193 e. The van der Waals surface area contributed by atoms with Crippen LogP contribution in [0.4, 0.5) is 5.69 Å². The highest BCUT2D eigenvalue weighted by Gasteiger charge is 2.07. The lowest BCUT2D eigenvalue weighted by Crippen LogP contribution is -2.24. The van der Waals surface area contributed by atoms with Crippen molar-refractivity contribution in [3.05, 3.63) is 45.4 Å². The normalized spacial score (nSPS) is 11.2. The zero-order valence-corrected chi connectivity index (χ0v) is 17.8. The van der Waals surface area contributed by atoms with Crippen molar-refractivity contribution in [1.82, 2.24) is 4.98 Å². The van der Waals surface area contributed by atoms with Gasteiger partial charge in [-0.3, -0.25) is 4.99 Å². The van der Waals surface area contributed by atoms with Gasteiger partial charge >= 0.3 is 0 Å². The van der Waals surface area contributed by atoms with Crippen LogP contribution in [0.25, 0.3) is 0 Å². The number of benzene rings is 1. The Bertz CT molecular complexity index is 645. The summed E-state index contributed by atoms with van der Waals surface area (Å²) in [5.74, 6) is 0.478. The Morgan fingerprint density at radius 3 is 2.38 bits per heavy atom. The summed E-state index contributed by atoms with van der Waals surface area (Å²) >= 11 is 1.71. The largest absolute Gasteiger partial charge is 0.370 e. The van der Waals surface area contributed by atoms with Crippen LogP contribution in [-0.4, -0.2) is 17.5 Å². The third-order valence-corrected chi connectivity index (χ3v) is 4.85. The van der Waals surface area contributed by atoms with Gasteiger partial charge in [0.15, 0.2) is 5.96 Å². The van der Waals surface area contributed by atoms with Gasteiger partial charge in [0, 0.05) is 24.0 Å². The highest BCUT2D eigenvalue weighted by atomic mass is 127. The Balaban J connectivity index is 0.00000288. The van der Waals surface area contributed by atoms with Gasteiger partial charge in [0.05, 0.1) is 10.7 Å². The maximum atomic E-state index is 6.07. The molecule has 0 atom stereocenters. The van der Waals surface area contributed by atoms with Crippen LogP contribution in [0.2, 0.25) is 0 Å². The first-order valence-electron chi connectivity index (χ1n) is 8.28. The van der Waals surface area contributed by atoms with Crippen molar-refractivity contribution in [2.45, 2.75) is 46.5 Å². The second-order valence-electron chi connectivity index (χ2n) is 5.39. The Hall–Kier alpha value is -1.15. The summed E-state index contributed by atoms with van der Waals surface area (Å²) in [5.41, 5.74) is 10.8. The van der Waals surface area contributed by atoms with Crippen LogP contribution in [-0.2, 0) is 25.7 Å². The smallest absolute Gasteiger partial charge is 0.193 e. The van der Waals surface area contributed by atoms with Crippen LogP contribution in [0.5, 0.6) is 0 Å². The van der Waals surface area contributed by atoms with Crippen molar-refractivity contribution >= 4 is 47.0 Å². The Morgan fingerprint density at radius 1 is 1.17 bits per heavy atom. The van der Waals surface area contributed by atoms with Gasteiger partial charge in [0.2, 0.25) is 0 Å². The van der Waals surface area contributed by atoms with Crippen LogP contribution >= 0.6 is 35.3 Å². The lowest BCUT2D eigenvalue weighted by molar-refractivity contribution is 0.916. The Labute approximate surface area is 166 Å². The summed E-state index contributed by atoms with van der Waals surface area (Å²) in [6, 6.07) is 6.37. The summed E-state index contributed by atoms with van der Waals surface area (Å²) in [7, 11) is 0. The lowest BCUT2D eigenvalue weighted by atomic mass is 10.0. The fraction of sp³-hybridized carbons (Fsp3) is 0.444. The molecule has 3 N–H and O–H groups in total. The predicted molar refractivity (Wildman–Crippen MR) is 116 cm³/mol. The third-order valence-electron chi connectivity index (χ3n) is 3.80. The van der Waals surface area contributed by atoms with E-state index in [4.69, 9.17) is 5.73 Å². The molecule has 0 bridgehead atoms. The SMILES string of the molecule is CCc1nc(CCN=C(N)Nc2c(CC)cccc2CC)cs1.I. The van der Waals surface area contributed by atoms with E-state index in [2.05, 4.69) is 59.6 Å². The first kappa shape index (κ1) is 20.9. The Kier molecular flexibility index (Phi) is 9.28. The summed E-state index contributed by atoms with van der Waals surface area (Å²) in [6.45, 7) is 7.09. The predicted octanol–water partition coefficient (Wildman–Crippen LogP) is 4.42. The standard InChI is InChI=1S/C18H26N4S.HI/c1-4-13-8-7-9-14(5-2)17(13)22-18(19)20-11-10-15-12-23-16(6-3)21-15;/h7-9,12H,4-6,10-11H2,1-3H3,(H3,19,20,22);1H. The van der Waals surface area contributed by atoms with Crippen molar-refractivity contribution in [3.8, 4) is 0 Å². The highest BCUT2D eigenvalue weighted by molar-refractivity contribution is 14.0. The van der Waals surface area contributed by atoms with Crippen LogP contribution in [0.3, 0.4) is 0 Å². The molecule has 1 heterocycles. The fourth-order valence-electron chi connectivity index (χ4n) is 2.49. The quantitative estimate of drug-likeness (QED) is 0.367. The van der Waals surface area contributed by atoms with E-state index in [1.807, 2.05) is 0 Å². The van der Waals surface area contributed by atoms with E-state index in [9.17, 15) is 0 Å². The van der Waals surface area contributed by atoms with E-state index in [1.165, 1.54) is 16.1 Å². The number of para-hydroxylation sites is 1. The molecule has 0 saturated carbocycles. The molecule has 1 aromatic carbocycles. The molecule has 0 spiro atoms. The zero-order valence-electron chi connectivity index (χ0n) is 14.6. The molecular formula is C18H27IN4S. The molecular weight excluding hydrogens is 431 g/mol. The average Bonchev–Trinajstić information content (AvgIpc) is 3.03. The van der Waals surface area contributed by atoms with Gasteiger partial charge < -0.3 is 11.1 Å². The molecule has 0 aliphatic carbocycles. The summed E-state index contributed by atoms with van der Waals surface area (Å²) in [5, 5.41) is 6.58. The summed E-state index contributed by atoms with van der Waals surface area (Å²) < 4.78 is 0. The number of rotatable bonds is 7. The van der Waals surface area contributed by atoms with Gasteiger partial charge in [-0.05, 0) is 30.4 Å². The average molecular weight is 458 g/mol. The van der Waals surface area contributed by atoms with Gasteiger partial charge in [0.1, 0.15) is 0 Å². The number of aliphatic imine (C=N–C) groups is 1. The summed E-state index contributed by atoms with van der Waals surface area (Å²) in [4.78, 5) is 9.00. The molecule has 2 rings (SSSR count).